The molecule has 0 saturated carbocycles. The summed E-state index contributed by atoms with van der Waals surface area (Å²) in [5.41, 5.74) is 0. The van der Waals surface area contributed by atoms with E-state index >= 15 is 0 Å². The SMILES string of the molecule is O=Cc1sc(N2CCN3C(=O)CCC3C2)nc1Cl. The molecule has 2 saturated heterocycles. The number of nitrogens with zero attached hydrogens (tertiary/aromatic N) is 3. The molecule has 1 unspecified atom stereocenters. The standard InChI is InChI=1S/C11H12ClN3O2S/c12-10-8(6-16)18-11(13-10)14-3-4-15-7(5-14)1-2-9(15)17/h6-7H,1-5H2. The average molecular weight is 286 g/mol. The molecule has 0 spiro atoms. The topological polar surface area (TPSA) is 53.5 Å². The molecule has 0 bridgehead atoms. The minimum absolute atomic E-state index is 0.255. The lowest BCUT2D eigenvalue weighted by Gasteiger charge is -2.37. The van der Waals surface area contributed by atoms with Crippen molar-refractivity contribution in [3.05, 3.63) is 10.0 Å². The molecule has 0 radical (unpaired) electrons. The van der Waals surface area contributed by atoms with Crippen LogP contribution in [0.5, 0.6) is 0 Å². The number of aromatic nitrogens is 1. The Morgan fingerprint density at radius 2 is 2.28 bits per heavy atom. The average Bonchev–Trinajstić information content (AvgIpc) is 2.93. The van der Waals surface area contributed by atoms with Crippen molar-refractivity contribution in [2.75, 3.05) is 24.5 Å². The molecule has 1 atom stereocenters. The molecule has 2 fully saturated rings. The van der Waals surface area contributed by atoms with Gasteiger partial charge in [0, 0.05) is 32.1 Å². The number of carbonyl (C=O) groups is 2. The number of hydrogen-bond acceptors (Lipinski definition) is 5. The van der Waals surface area contributed by atoms with Crippen molar-refractivity contribution in [2.24, 2.45) is 0 Å². The molecule has 5 nitrogen and oxygen atoms in total. The van der Waals surface area contributed by atoms with E-state index in [2.05, 4.69) is 9.88 Å². The number of thiazole rings is 1. The van der Waals surface area contributed by atoms with Gasteiger partial charge in [-0.2, -0.15) is 0 Å². The Bertz CT molecular complexity index is 504. The summed E-state index contributed by atoms with van der Waals surface area (Å²) in [6.45, 7) is 2.27. The van der Waals surface area contributed by atoms with Gasteiger partial charge >= 0.3 is 0 Å². The summed E-state index contributed by atoms with van der Waals surface area (Å²) in [5, 5.41) is 1.05. The van der Waals surface area contributed by atoms with E-state index in [1.165, 1.54) is 11.3 Å². The Kier molecular flexibility index (Phi) is 2.99. The van der Waals surface area contributed by atoms with Crippen LogP contribution in [0.25, 0.3) is 0 Å². The molecule has 2 aliphatic heterocycles. The van der Waals surface area contributed by atoms with Crippen LogP contribution in [0, 0.1) is 0 Å². The maximum Gasteiger partial charge on any atom is 0.223 e. The molecule has 0 aliphatic carbocycles. The number of hydrogen-bond donors (Lipinski definition) is 0. The minimum Gasteiger partial charge on any atom is -0.344 e. The molecular formula is C11H12ClN3O2S. The van der Waals surface area contributed by atoms with Crippen molar-refractivity contribution < 1.29 is 9.59 Å². The Labute approximate surface area is 113 Å². The van der Waals surface area contributed by atoms with Gasteiger partial charge in [0.05, 0.1) is 0 Å². The first-order valence-corrected chi connectivity index (χ1v) is 7.04. The molecule has 0 N–H and O–H groups in total. The van der Waals surface area contributed by atoms with E-state index in [-0.39, 0.29) is 17.1 Å². The number of piperazine rings is 1. The monoisotopic (exact) mass is 285 g/mol. The summed E-state index contributed by atoms with van der Waals surface area (Å²) >= 11 is 7.19. The molecule has 1 amide bonds. The summed E-state index contributed by atoms with van der Waals surface area (Å²) in [5.74, 6) is 0.255. The minimum atomic E-state index is 0.255. The van der Waals surface area contributed by atoms with Gasteiger partial charge in [-0.05, 0) is 6.42 Å². The van der Waals surface area contributed by atoms with Crippen LogP contribution >= 0.6 is 22.9 Å². The van der Waals surface area contributed by atoms with E-state index in [9.17, 15) is 9.59 Å². The predicted octanol–water partition coefficient (Wildman–Crippen LogP) is 1.42. The largest absolute Gasteiger partial charge is 0.344 e. The van der Waals surface area contributed by atoms with Crippen LogP contribution in [0.2, 0.25) is 5.15 Å². The maximum absolute atomic E-state index is 11.6. The Hall–Kier alpha value is -1.14. The lowest BCUT2D eigenvalue weighted by molar-refractivity contribution is -0.129. The fraction of sp³-hybridized carbons (Fsp3) is 0.545. The number of halogens is 1. The van der Waals surface area contributed by atoms with E-state index in [0.29, 0.717) is 11.3 Å². The number of amides is 1. The first kappa shape index (κ1) is 11.9. The van der Waals surface area contributed by atoms with Gasteiger partial charge in [-0.1, -0.05) is 22.9 Å². The Morgan fingerprint density at radius 3 is 3.00 bits per heavy atom. The lowest BCUT2D eigenvalue weighted by atomic mass is 10.2. The Balaban J connectivity index is 1.78. The van der Waals surface area contributed by atoms with Crippen molar-refractivity contribution in [2.45, 2.75) is 18.9 Å². The van der Waals surface area contributed by atoms with Gasteiger partial charge in [0.2, 0.25) is 5.91 Å². The smallest absolute Gasteiger partial charge is 0.223 e. The molecule has 2 aliphatic rings. The molecule has 0 aromatic carbocycles. The van der Waals surface area contributed by atoms with Crippen molar-refractivity contribution in [3.63, 3.8) is 0 Å². The zero-order valence-corrected chi connectivity index (χ0v) is 11.2. The van der Waals surface area contributed by atoms with E-state index in [4.69, 9.17) is 11.6 Å². The van der Waals surface area contributed by atoms with Crippen molar-refractivity contribution in [1.29, 1.82) is 0 Å². The van der Waals surface area contributed by atoms with Crippen LogP contribution in [0.3, 0.4) is 0 Å². The van der Waals surface area contributed by atoms with E-state index in [0.717, 1.165) is 37.5 Å². The molecule has 7 heteroatoms. The van der Waals surface area contributed by atoms with Crippen LogP contribution in [0.1, 0.15) is 22.5 Å². The van der Waals surface area contributed by atoms with E-state index in [1.54, 1.807) is 0 Å². The summed E-state index contributed by atoms with van der Waals surface area (Å²) in [4.78, 5) is 31.1. The molecule has 1 aromatic heterocycles. The summed E-state index contributed by atoms with van der Waals surface area (Å²) < 4.78 is 0. The quantitative estimate of drug-likeness (QED) is 0.771. The van der Waals surface area contributed by atoms with Crippen LogP contribution in [-0.2, 0) is 4.79 Å². The Morgan fingerprint density at radius 1 is 1.44 bits per heavy atom. The van der Waals surface area contributed by atoms with E-state index < -0.39 is 0 Å². The van der Waals surface area contributed by atoms with Gasteiger partial charge in [-0.15, -0.1) is 0 Å². The maximum atomic E-state index is 11.6. The van der Waals surface area contributed by atoms with Gasteiger partial charge in [-0.25, -0.2) is 4.98 Å². The van der Waals surface area contributed by atoms with Crippen LogP contribution < -0.4 is 4.90 Å². The van der Waals surface area contributed by atoms with Crippen molar-refractivity contribution >= 4 is 40.3 Å². The van der Waals surface area contributed by atoms with Crippen molar-refractivity contribution in [1.82, 2.24) is 9.88 Å². The zero-order chi connectivity index (χ0) is 12.7. The second-order valence-corrected chi connectivity index (χ2v) is 5.86. The van der Waals surface area contributed by atoms with Gasteiger partial charge in [0.1, 0.15) is 4.88 Å². The molecule has 96 valence electrons. The number of fused-ring (bicyclic) bond motifs is 1. The predicted molar refractivity (Wildman–Crippen MR) is 69.5 cm³/mol. The zero-order valence-electron chi connectivity index (χ0n) is 9.63. The highest BCUT2D eigenvalue weighted by atomic mass is 35.5. The molecule has 3 rings (SSSR count). The second kappa shape index (κ2) is 4.51. The highest BCUT2D eigenvalue weighted by Crippen LogP contribution is 2.31. The van der Waals surface area contributed by atoms with Crippen molar-refractivity contribution in [3.8, 4) is 0 Å². The first-order chi connectivity index (χ1) is 8.69. The number of rotatable bonds is 2. The normalized spacial score (nSPS) is 23.4. The van der Waals surface area contributed by atoms with Crippen LogP contribution in [0.15, 0.2) is 0 Å². The van der Waals surface area contributed by atoms with Gasteiger partial charge in [0.25, 0.3) is 0 Å². The fourth-order valence-corrected chi connectivity index (χ4v) is 3.65. The molecule has 18 heavy (non-hydrogen) atoms. The van der Waals surface area contributed by atoms with E-state index in [1.807, 2.05) is 4.90 Å². The summed E-state index contributed by atoms with van der Waals surface area (Å²) in [7, 11) is 0. The first-order valence-electron chi connectivity index (χ1n) is 5.85. The van der Waals surface area contributed by atoms with Crippen LogP contribution in [-0.4, -0.2) is 47.8 Å². The second-order valence-electron chi connectivity index (χ2n) is 4.49. The van der Waals surface area contributed by atoms with Crippen LogP contribution in [0.4, 0.5) is 5.13 Å². The number of aldehydes is 1. The summed E-state index contributed by atoms with van der Waals surface area (Å²) in [6, 6.07) is 0.286. The molecular weight excluding hydrogens is 274 g/mol. The number of carbonyl (C=O) groups excluding carboxylic acids is 2. The molecule has 3 heterocycles. The third-order valence-corrected chi connectivity index (χ3v) is 4.91. The number of anilines is 1. The third-order valence-electron chi connectivity index (χ3n) is 3.47. The lowest BCUT2D eigenvalue weighted by Crippen LogP contribution is -2.51. The van der Waals surface area contributed by atoms with Gasteiger partial charge in [-0.3, -0.25) is 9.59 Å². The highest BCUT2D eigenvalue weighted by molar-refractivity contribution is 7.17. The third kappa shape index (κ3) is 1.89. The summed E-state index contributed by atoms with van der Waals surface area (Å²) in [6.07, 6.45) is 2.30. The highest BCUT2D eigenvalue weighted by Gasteiger charge is 2.36. The van der Waals surface area contributed by atoms with Gasteiger partial charge < -0.3 is 9.80 Å². The molecule has 1 aromatic rings. The van der Waals surface area contributed by atoms with Gasteiger partial charge in [0.15, 0.2) is 16.6 Å². The fourth-order valence-electron chi connectivity index (χ4n) is 2.55.